The maximum atomic E-state index is 12.5. The van der Waals surface area contributed by atoms with Crippen LogP contribution in [-0.4, -0.2) is 29.4 Å². The van der Waals surface area contributed by atoms with E-state index in [1.807, 2.05) is 0 Å². The van der Waals surface area contributed by atoms with Gasteiger partial charge in [0.2, 0.25) is 5.95 Å². The van der Waals surface area contributed by atoms with Gasteiger partial charge in [-0.2, -0.15) is 0 Å². The van der Waals surface area contributed by atoms with Gasteiger partial charge in [0.05, 0.1) is 11.3 Å². The molecule has 1 fully saturated rings. The zero-order valence-corrected chi connectivity index (χ0v) is 13.5. The lowest BCUT2D eigenvalue weighted by molar-refractivity contribution is 0.156. The van der Waals surface area contributed by atoms with Gasteiger partial charge < -0.3 is 15.5 Å². The van der Waals surface area contributed by atoms with E-state index >= 15 is 0 Å². The average Bonchev–Trinajstić information content (AvgIpc) is 2.56. The Morgan fingerprint density at radius 3 is 2.86 bits per heavy atom. The smallest absolute Gasteiger partial charge is 0.292 e. The summed E-state index contributed by atoms with van der Waals surface area (Å²) in [6.07, 6.45) is 7.24. The van der Waals surface area contributed by atoms with E-state index in [0.717, 1.165) is 24.2 Å². The molecule has 2 N–H and O–H groups in total. The maximum absolute atomic E-state index is 12.5. The molecule has 6 nitrogen and oxygen atoms in total. The third-order valence-corrected chi connectivity index (χ3v) is 4.96. The molecule has 22 heavy (non-hydrogen) atoms. The number of nitrogens with zero attached hydrogens (tertiary/aromatic N) is 2. The Balaban J connectivity index is 1.86. The van der Waals surface area contributed by atoms with Crippen LogP contribution >= 0.6 is 0 Å². The predicted molar refractivity (Wildman–Crippen MR) is 86.1 cm³/mol. The first kappa shape index (κ1) is 15.3. The van der Waals surface area contributed by atoms with Crippen molar-refractivity contribution in [3.8, 4) is 0 Å². The third-order valence-electron chi connectivity index (χ3n) is 4.96. The van der Waals surface area contributed by atoms with Gasteiger partial charge >= 0.3 is 0 Å². The summed E-state index contributed by atoms with van der Waals surface area (Å²) in [5.41, 5.74) is 1.53. The monoisotopic (exact) mass is 306 g/mol. The first-order valence-corrected chi connectivity index (χ1v) is 8.37. The lowest BCUT2D eigenvalue weighted by Crippen LogP contribution is -2.40. The van der Waals surface area contributed by atoms with Crippen molar-refractivity contribution in [3.05, 3.63) is 21.6 Å². The summed E-state index contributed by atoms with van der Waals surface area (Å²) >= 11 is 0. The molecular formula is C16H26N4O2. The summed E-state index contributed by atoms with van der Waals surface area (Å²) in [5, 5.41) is 6.64. The van der Waals surface area contributed by atoms with Crippen LogP contribution in [-0.2, 0) is 13.0 Å². The van der Waals surface area contributed by atoms with Crippen molar-refractivity contribution in [2.24, 2.45) is 5.92 Å². The Labute approximate surface area is 131 Å². The normalized spacial score (nSPS) is 20.3. The van der Waals surface area contributed by atoms with E-state index in [0.29, 0.717) is 24.5 Å². The van der Waals surface area contributed by atoms with Gasteiger partial charge in [0, 0.05) is 25.6 Å². The van der Waals surface area contributed by atoms with Gasteiger partial charge in [0.1, 0.15) is 7.11 Å². The highest BCUT2D eigenvalue weighted by Gasteiger charge is 2.24. The van der Waals surface area contributed by atoms with E-state index < -0.39 is 0 Å². The number of aromatic nitrogens is 2. The molecule has 1 saturated carbocycles. The number of nitrogens with one attached hydrogen (secondary N) is 2. The van der Waals surface area contributed by atoms with Gasteiger partial charge in [-0.1, -0.05) is 19.3 Å². The van der Waals surface area contributed by atoms with E-state index in [2.05, 4.69) is 22.5 Å². The zero-order valence-electron chi connectivity index (χ0n) is 13.5. The van der Waals surface area contributed by atoms with E-state index in [-0.39, 0.29) is 5.56 Å². The molecule has 2 aliphatic rings. The molecule has 1 unspecified atom stereocenters. The third kappa shape index (κ3) is 2.97. The summed E-state index contributed by atoms with van der Waals surface area (Å²) in [7, 11) is 1.52. The quantitative estimate of drug-likeness (QED) is 0.878. The van der Waals surface area contributed by atoms with Crippen LogP contribution in [0.5, 0.6) is 0 Å². The Bertz CT molecular complexity index is 578. The minimum absolute atomic E-state index is 0.0990. The molecule has 0 saturated heterocycles. The second kappa shape index (κ2) is 6.69. The van der Waals surface area contributed by atoms with Crippen LogP contribution < -0.4 is 21.0 Å². The number of anilines is 1. The molecule has 1 aliphatic carbocycles. The van der Waals surface area contributed by atoms with Gasteiger partial charge in [-0.25, -0.2) is 4.98 Å². The molecule has 1 aromatic heterocycles. The van der Waals surface area contributed by atoms with Gasteiger partial charge in [0.15, 0.2) is 0 Å². The molecule has 1 aliphatic heterocycles. The number of hydrogen-bond donors (Lipinski definition) is 2. The Morgan fingerprint density at radius 1 is 1.36 bits per heavy atom. The minimum atomic E-state index is -0.0990. The Hall–Kier alpha value is -1.56. The van der Waals surface area contributed by atoms with Gasteiger partial charge in [-0.15, -0.1) is 4.73 Å². The van der Waals surface area contributed by atoms with E-state index in [4.69, 9.17) is 4.84 Å². The predicted octanol–water partition coefficient (Wildman–Crippen LogP) is 1.33. The zero-order chi connectivity index (χ0) is 15.5. The molecule has 0 spiro atoms. The summed E-state index contributed by atoms with van der Waals surface area (Å²) in [6.45, 7) is 3.63. The molecule has 0 amide bonds. The Morgan fingerprint density at radius 2 is 2.14 bits per heavy atom. The van der Waals surface area contributed by atoms with Crippen LogP contribution in [0.15, 0.2) is 4.79 Å². The fourth-order valence-corrected chi connectivity index (χ4v) is 3.60. The minimum Gasteiger partial charge on any atom is -0.411 e. The summed E-state index contributed by atoms with van der Waals surface area (Å²) < 4.78 is 1.30. The lowest BCUT2D eigenvalue weighted by atomic mass is 9.85. The van der Waals surface area contributed by atoms with Crippen LogP contribution in [0.3, 0.4) is 0 Å². The van der Waals surface area contributed by atoms with E-state index in [9.17, 15) is 4.79 Å². The van der Waals surface area contributed by atoms with Crippen molar-refractivity contribution in [3.63, 3.8) is 0 Å². The molecule has 0 bridgehead atoms. The van der Waals surface area contributed by atoms with Gasteiger partial charge in [-0.3, -0.25) is 4.79 Å². The van der Waals surface area contributed by atoms with Crippen molar-refractivity contribution in [2.45, 2.75) is 58.0 Å². The molecule has 0 radical (unpaired) electrons. The fraction of sp³-hybridized carbons (Fsp3) is 0.750. The molecule has 122 valence electrons. The van der Waals surface area contributed by atoms with Crippen LogP contribution in [0, 0.1) is 5.92 Å². The van der Waals surface area contributed by atoms with Gasteiger partial charge in [-0.05, 0) is 25.7 Å². The van der Waals surface area contributed by atoms with E-state index in [1.54, 1.807) is 0 Å². The topological polar surface area (TPSA) is 68.2 Å². The van der Waals surface area contributed by atoms with Crippen molar-refractivity contribution >= 4 is 5.95 Å². The molecule has 0 aromatic carbocycles. The SMILES string of the molecule is COn1c(NC(C)C2CCCCC2)nc2c(c1=O)CNCC2. The molecule has 2 heterocycles. The van der Waals surface area contributed by atoms with Crippen molar-refractivity contribution in [1.29, 1.82) is 0 Å². The Kier molecular flexibility index (Phi) is 4.66. The van der Waals surface area contributed by atoms with Crippen LogP contribution in [0.25, 0.3) is 0 Å². The fourth-order valence-electron chi connectivity index (χ4n) is 3.60. The summed E-state index contributed by atoms with van der Waals surface area (Å²) in [4.78, 5) is 22.5. The van der Waals surface area contributed by atoms with Crippen molar-refractivity contribution < 1.29 is 4.84 Å². The highest BCUT2D eigenvalue weighted by Crippen LogP contribution is 2.27. The van der Waals surface area contributed by atoms with Crippen LogP contribution in [0.4, 0.5) is 5.95 Å². The highest BCUT2D eigenvalue weighted by molar-refractivity contribution is 5.33. The van der Waals surface area contributed by atoms with Crippen LogP contribution in [0.1, 0.15) is 50.3 Å². The molecule has 1 atom stereocenters. The largest absolute Gasteiger partial charge is 0.411 e. The molecule has 3 rings (SSSR count). The second-order valence-corrected chi connectivity index (χ2v) is 6.40. The van der Waals surface area contributed by atoms with Crippen molar-refractivity contribution in [2.75, 3.05) is 19.0 Å². The van der Waals surface area contributed by atoms with Gasteiger partial charge in [0.25, 0.3) is 5.56 Å². The van der Waals surface area contributed by atoms with E-state index in [1.165, 1.54) is 43.9 Å². The lowest BCUT2D eigenvalue weighted by Gasteiger charge is -2.29. The first-order valence-electron chi connectivity index (χ1n) is 8.37. The summed E-state index contributed by atoms with van der Waals surface area (Å²) in [5.74, 6) is 1.19. The van der Waals surface area contributed by atoms with Crippen molar-refractivity contribution in [1.82, 2.24) is 15.0 Å². The maximum Gasteiger partial charge on any atom is 0.292 e. The number of rotatable bonds is 4. The number of hydrogen-bond acceptors (Lipinski definition) is 5. The summed E-state index contributed by atoms with van der Waals surface area (Å²) in [6, 6.07) is 0.299. The first-order chi connectivity index (χ1) is 10.7. The second-order valence-electron chi connectivity index (χ2n) is 6.40. The molecule has 6 heteroatoms. The average molecular weight is 306 g/mol. The molecule has 1 aromatic rings. The van der Waals surface area contributed by atoms with Crippen LogP contribution in [0.2, 0.25) is 0 Å². The number of fused-ring (bicyclic) bond motifs is 1. The molecular weight excluding hydrogens is 280 g/mol. The standard InChI is InChI=1S/C16H26N4O2/c1-11(12-6-4-3-5-7-12)18-16-19-14-8-9-17-10-13(14)15(21)20(16)22-2/h11-12,17H,3-10H2,1-2H3,(H,18,19). The highest BCUT2D eigenvalue weighted by atomic mass is 16.7.